The van der Waals surface area contributed by atoms with E-state index >= 15 is 0 Å². The molecule has 6 heteroatoms. The highest BCUT2D eigenvalue weighted by molar-refractivity contribution is 7.51. The maximum Gasteiger partial charge on any atom is 0.329 e. The fourth-order valence-corrected chi connectivity index (χ4v) is 5.58. The van der Waals surface area contributed by atoms with Crippen LogP contribution in [0.25, 0.3) is 0 Å². The van der Waals surface area contributed by atoms with Gasteiger partial charge in [-0.3, -0.25) is 4.57 Å². The first kappa shape index (κ1) is 28.9. The third-order valence-corrected chi connectivity index (χ3v) is 7.95. The van der Waals surface area contributed by atoms with E-state index in [4.69, 9.17) is 9.47 Å². The Kier molecular flexibility index (Phi) is 11.2. The Labute approximate surface area is 207 Å². The minimum atomic E-state index is -4.16. The number of allylic oxidation sites excluding steroid dienone is 1. The van der Waals surface area contributed by atoms with Crippen LogP contribution in [0.3, 0.4) is 0 Å². The lowest BCUT2D eigenvalue weighted by atomic mass is 9.86. The second kappa shape index (κ2) is 13.1. The van der Waals surface area contributed by atoms with E-state index in [0.717, 1.165) is 65.9 Å². The van der Waals surface area contributed by atoms with Gasteiger partial charge in [-0.2, -0.15) is 0 Å². The van der Waals surface area contributed by atoms with Crippen molar-refractivity contribution in [2.45, 2.75) is 124 Å². The van der Waals surface area contributed by atoms with Gasteiger partial charge in [0.05, 0.1) is 6.16 Å². The molecule has 194 valence electrons. The molecule has 2 atom stereocenters. The average Bonchev–Trinajstić information content (AvgIpc) is 2.77. The van der Waals surface area contributed by atoms with Crippen molar-refractivity contribution < 1.29 is 23.8 Å². The second-order valence-electron chi connectivity index (χ2n) is 10.3. The number of rotatable bonds is 14. The lowest BCUT2D eigenvalue weighted by Crippen LogP contribution is -2.35. The predicted molar refractivity (Wildman–Crippen MR) is 141 cm³/mol. The molecule has 1 aromatic carbocycles. The van der Waals surface area contributed by atoms with Crippen LogP contribution in [0.15, 0.2) is 12.2 Å². The van der Waals surface area contributed by atoms with Crippen LogP contribution in [0, 0.1) is 20.8 Å². The summed E-state index contributed by atoms with van der Waals surface area (Å²) in [5, 5.41) is 0. The molecule has 1 aliphatic rings. The van der Waals surface area contributed by atoms with Crippen molar-refractivity contribution in [2.24, 2.45) is 0 Å². The third-order valence-electron chi connectivity index (χ3n) is 7.07. The smallest absolute Gasteiger partial charge is 0.329 e. The van der Waals surface area contributed by atoms with Crippen molar-refractivity contribution in [3.05, 3.63) is 34.4 Å². The molecular formula is C28H47O5P. The Hall–Kier alpha value is -1.29. The molecule has 1 aromatic rings. The molecular weight excluding hydrogens is 447 g/mol. The van der Waals surface area contributed by atoms with Crippen LogP contribution in [0.4, 0.5) is 0 Å². The minimum Gasteiger partial charge on any atom is -0.489 e. The van der Waals surface area contributed by atoms with Crippen molar-refractivity contribution >= 4 is 7.60 Å². The molecule has 0 fully saturated rings. The summed E-state index contributed by atoms with van der Waals surface area (Å²) in [6, 6.07) is 0. The first-order valence-corrected chi connectivity index (χ1v) is 15.0. The number of hydrogen-bond acceptors (Lipinski definition) is 3. The van der Waals surface area contributed by atoms with Crippen molar-refractivity contribution in [1.29, 1.82) is 0 Å². The first-order valence-electron chi connectivity index (χ1n) is 13.2. The molecule has 0 saturated carbocycles. The van der Waals surface area contributed by atoms with E-state index in [1.54, 1.807) is 0 Å². The van der Waals surface area contributed by atoms with E-state index in [9.17, 15) is 14.4 Å². The molecule has 0 radical (unpaired) electrons. The topological polar surface area (TPSA) is 76.0 Å². The van der Waals surface area contributed by atoms with Gasteiger partial charge in [0.15, 0.2) is 0 Å². The molecule has 2 unspecified atom stereocenters. The van der Waals surface area contributed by atoms with E-state index in [1.165, 1.54) is 32.1 Å². The number of unbranched alkanes of at least 4 members (excludes halogenated alkanes) is 6. The molecule has 0 bridgehead atoms. The molecule has 34 heavy (non-hydrogen) atoms. The van der Waals surface area contributed by atoms with Gasteiger partial charge >= 0.3 is 7.60 Å². The van der Waals surface area contributed by atoms with Crippen LogP contribution >= 0.6 is 7.60 Å². The van der Waals surface area contributed by atoms with Gasteiger partial charge in [0, 0.05) is 5.56 Å². The lowest BCUT2D eigenvalue weighted by Gasteiger charge is -2.37. The van der Waals surface area contributed by atoms with Crippen LogP contribution < -0.4 is 9.47 Å². The van der Waals surface area contributed by atoms with Crippen molar-refractivity contribution in [3.8, 4) is 11.5 Å². The first-order chi connectivity index (χ1) is 16.0. The summed E-state index contributed by atoms with van der Waals surface area (Å²) in [4.78, 5) is 19.1. The number of hydrogen-bond donors (Lipinski definition) is 2. The lowest BCUT2D eigenvalue weighted by molar-refractivity contribution is 0.112. The van der Waals surface area contributed by atoms with Crippen LogP contribution in [0.1, 0.15) is 107 Å². The Morgan fingerprint density at radius 3 is 2.35 bits per heavy atom. The van der Waals surface area contributed by atoms with Gasteiger partial charge in [-0.1, -0.05) is 58.4 Å². The van der Waals surface area contributed by atoms with Gasteiger partial charge in [0.1, 0.15) is 23.2 Å². The van der Waals surface area contributed by atoms with Crippen molar-refractivity contribution in [1.82, 2.24) is 0 Å². The van der Waals surface area contributed by atoms with Gasteiger partial charge in [-0.05, 0) is 82.6 Å². The zero-order valence-electron chi connectivity index (χ0n) is 22.3. The number of ether oxygens (including phenoxy) is 2. The monoisotopic (exact) mass is 494 g/mol. The SMILES string of the molecule is CCCCCCCC=CC1(C)CCc2c(C)c(OC(CCCC)CP(=O)(O)O)c(C)c(C)c2O1. The molecule has 1 aliphatic heterocycles. The fourth-order valence-electron chi connectivity index (χ4n) is 4.80. The molecule has 5 nitrogen and oxygen atoms in total. The Morgan fingerprint density at radius 1 is 1.03 bits per heavy atom. The Morgan fingerprint density at radius 2 is 1.71 bits per heavy atom. The maximum atomic E-state index is 11.7. The maximum absolute atomic E-state index is 11.7. The molecule has 0 spiro atoms. The fraction of sp³-hybridized carbons (Fsp3) is 0.714. The second-order valence-corrected chi connectivity index (χ2v) is 12.0. The average molecular weight is 495 g/mol. The highest BCUT2D eigenvalue weighted by Crippen LogP contribution is 2.45. The van der Waals surface area contributed by atoms with E-state index in [2.05, 4.69) is 39.8 Å². The standard InChI is InChI=1S/C28H47O5P/c1-7-9-11-12-13-14-15-18-28(6)19-17-25-23(5)26(21(3)22(4)27(25)33-28)32-24(16-10-8-2)20-34(29,30)31/h15,18,24H,7-14,16-17,19-20H2,1-6H3,(H2,29,30,31). The summed E-state index contributed by atoms with van der Waals surface area (Å²) in [5.74, 6) is 1.71. The molecule has 2 rings (SSSR count). The molecule has 0 aliphatic carbocycles. The zero-order chi connectivity index (χ0) is 25.4. The Bertz CT molecular complexity index is 872. The molecule has 2 N–H and O–H groups in total. The van der Waals surface area contributed by atoms with Crippen LogP contribution in [0.5, 0.6) is 11.5 Å². The van der Waals surface area contributed by atoms with Gasteiger partial charge < -0.3 is 19.3 Å². The summed E-state index contributed by atoms with van der Waals surface area (Å²) >= 11 is 0. The van der Waals surface area contributed by atoms with Crippen molar-refractivity contribution in [3.63, 3.8) is 0 Å². The summed E-state index contributed by atoms with van der Waals surface area (Å²) < 4.78 is 24.6. The van der Waals surface area contributed by atoms with Crippen molar-refractivity contribution in [2.75, 3.05) is 6.16 Å². The van der Waals surface area contributed by atoms with Gasteiger partial charge in [-0.25, -0.2) is 0 Å². The van der Waals surface area contributed by atoms with E-state index in [0.29, 0.717) is 6.42 Å². The molecule has 0 amide bonds. The largest absolute Gasteiger partial charge is 0.489 e. The summed E-state index contributed by atoms with van der Waals surface area (Å²) in [5.41, 5.74) is 3.93. The van der Waals surface area contributed by atoms with E-state index in [1.807, 2.05) is 13.8 Å². The minimum absolute atomic E-state index is 0.250. The molecule has 0 saturated heterocycles. The normalized spacial score (nSPS) is 19.2. The summed E-state index contributed by atoms with van der Waals surface area (Å²) in [6.45, 7) is 12.6. The predicted octanol–water partition coefficient (Wildman–Crippen LogP) is 7.73. The summed E-state index contributed by atoms with van der Waals surface area (Å²) in [6.07, 6.45) is 15.6. The van der Waals surface area contributed by atoms with Crippen LogP contribution in [-0.2, 0) is 11.0 Å². The highest BCUT2D eigenvalue weighted by Gasteiger charge is 2.33. The van der Waals surface area contributed by atoms with E-state index in [-0.39, 0.29) is 11.8 Å². The Balaban J connectivity index is 2.19. The highest BCUT2D eigenvalue weighted by atomic mass is 31.2. The quantitative estimate of drug-likeness (QED) is 0.157. The van der Waals surface area contributed by atoms with E-state index < -0.39 is 13.7 Å². The van der Waals surface area contributed by atoms with Crippen LogP contribution in [0.2, 0.25) is 0 Å². The van der Waals surface area contributed by atoms with Gasteiger partial charge in [-0.15, -0.1) is 0 Å². The van der Waals surface area contributed by atoms with Gasteiger partial charge in [0.25, 0.3) is 0 Å². The number of fused-ring (bicyclic) bond motifs is 1. The third kappa shape index (κ3) is 8.43. The van der Waals surface area contributed by atoms with Crippen LogP contribution in [-0.4, -0.2) is 27.7 Å². The summed E-state index contributed by atoms with van der Waals surface area (Å²) in [7, 11) is -4.16. The molecule has 0 aromatic heterocycles. The number of benzene rings is 1. The van der Waals surface area contributed by atoms with Gasteiger partial charge in [0.2, 0.25) is 0 Å². The molecule has 1 heterocycles. The zero-order valence-corrected chi connectivity index (χ0v) is 23.2.